The number of carbonyl (C=O) groups excluding carboxylic acids is 1. The van der Waals surface area contributed by atoms with Crippen LogP contribution in [0.5, 0.6) is 0 Å². The first kappa shape index (κ1) is 14.7. The van der Waals surface area contributed by atoms with Gasteiger partial charge in [0.15, 0.2) is 5.78 Å². The largest absolute Gasteiger partial charge is 0.367 e. The van der Waals surface area contributed by atoms with Crippen LogP contribution in [0.1, 0.15) is 72.1 Å². The van der Waals surface area contributed by atoms with E-state index in [0.717, 1.165) is 38.7 Å². The van der Waals surface area contributed by atoms with Crippen molar-refractivity contribution in [2.75, 3.05) is 6.61 Å². The van der Waals surface area contributed by atoms with E-state index in [-0.39, 0.29) is 5.92 Å². The van der Waals surface area contributed by atoms with E-state index in [0.29, 0.717) is 5.78 Å². The average Bonchev–Trinajstić information content (AvgIpc) is 2.77. The van der Waals surface area contributed by atoms with Crippen molar-refractivity contribution in [3.05, 3.63) is 0 Å². The molecule has 0 aromatic heterocycles. The maximum Gasteiger partial charge on any atom is 0.167 e. The van der Waals surface area contributed by atoms with Crippen LogP contribution in [0.2, 0.25) is 0 Å². The topological polar surface area (TPSA) is 26.3 Å². The standard InChI is InChI=1S/C15H28O2/c1-4-5-6-9-12-17-15(10-7-8-11-15)14(16)13(2)3/h13H,4-12H2,1-3H3. The maximum atomic E-state index is 12.3. The Morgan fingerprint density at radius 1 is 1.18 bits per heavy atom. The van der Waals surface area contributed by atoms with Crippen LogP contribution in [-0.2, 0) is 9.53 Å². The van der Waals surface area contributed by atoms with Gasteiger partial charge in [-0.25, -0.2) is 0 Å². The van der Waals surface area contributed by atoms with Crippen molar-refractivity contribution in [2.45, 2.75) is 77.7 Å². The zero-order valence-corrected chi connectivity index (χ0v) is 11.8. The van der Waals surface area contributed by atoms with Crippen LogP contribution < -0.4 is 0 Å². The number of ketones is 1. The zero-order chi connectivity index (χ0) is 12.7. The van der Waals surface area contributed by atoms with Gasteiger partial charge in [-0.1, -0.05) is 40.0 Å². The van der Waals surface area contributed by atoms with Crippen LogP contribution >= 0.6 is 0 Å². The van der Waals surface area contributed by atoms with Gasteiger partial charge in [0, 0.05) is 12.5 Å². The van der Waals surface area contributed by atoms with Crippen LogP contribution in [0.25, 0.3) is 0 Å². The summed E-state index contributed by atoms with van der Waals surface area (Å²) in [4.78, 5) is 12.3. The molecule has 0 unspecified atom stereocenters. The van der Waals surface area contributed by atoms with Crippen LogP contribution in [0, 0.1) is 5.92 Å². The molecule has 2 heteroatoms. The van der Waals surface area contributed by atoms with E-state index in [1.54, 1.807) is 0 Å². The van der Waals surface area contributed by atoms with Gasteiger partial charge in [0.05, 0.1) is 0 Å². The van der Waals surface area contributed by atoms with Crippen molar-refractivity contribution in [1.82, 2.24) is 0 Å². The van der Waals surface area contributed by atoms with Gasteiger partial charge in [-0.15, -0.1) is 0 Å². The highest BCUT2D eigenvalue weighted by atomic mass is 16.5. The van der Waals surface area contributed by atoms with Crippen molar-refractivity contribution in [3.63, 3.8) is 0 Å². The lowest BCUT2D eigenvalue weighted by molar-refractivity contribution is -0.147. The molecule has 0 N–H and O–H groups in total. The summed E-state index contributed by atoms with van der Waals surface area (Å²) < 4.78 is 6.01. The number of Topliss-reactive ketones (excluding diaryl/α,β-unsaturated/α-hetero) is 1. The lowest BCUT2D eigenvalue weighted by Crippen LogP contribution is -2.41. The number of hydrogen-bond acceptors (Lipinski definition) is 2. The Morgan fingerprint density at radius 3 is 2.35 bits per heavy atom. The summed E-state index contributed by atoms with van der Waals surface area (Å²) in [6.45, 7) is 6.95. The normalized spacial score (nSPS) is 18.8. The summed E-state index contributed by atoms with van der Waals surface area (Å²) in [6, 6.07) is 0. The molecule has 0 aliphatic heterocycles. The van der Waals surface area contributed by atoms with Crippen LogP contribution in [0.4, 0.5) is 0 Å². The average molecular weight is 240 g/mol. The highest BCUT2D eigenvalue weighted by molar-refractivity contribution is 5.89. The summed E-state index contributed by atoms with van der Waals surface area (Å²) in [5.74, 6) is 0.425. The molecule has 0 heterocycles. The van der Waals surface area contributed by atoms with Crippen LogP contribution in [0.3, 0.4) is 0 Å². The van der Waals surface area contributed by atoms with Crippen molar-refractivity contribution in [2.24, 2.45) is 5.92 Å². The van der Waals surface area contributed by atoms with Crippen molar-refractivity contribution < 1.29 is 9.53 Å². The Kier molecular flexibility index (Phi) is 6.18. The minimum Gasteiger partial charge on any atom is -0.367 e. The summed E-state index contributed by atoms with van der Waals surface area (Å²) in [7, 11) is 0. The molecule has 0 aromatic rings. The molecule has 0 atom stereocenters. The number of carbonyl (C=O) groups is 1. The van der Waals surface area contributed by atoms with Crippen LogP contribution in [-0.4, -0.2) is 18.0 Å². The smallest absolute Gasteiger partial charge is 0.167 e. The Morgan fingerprint density at radius 2 is 1.82 bits per heavy atom. The molecule has 1 saturated carbocycles. The summed E-state index contributed by atoms with van der Waals surface area (Å²) >= 11 is 0. The molecule has 17 heavy (non-hydrogen) atoms. The molecule has 1 rings (SSSR count). The third-order valence-electron chi connectivity index (χ3n) is 3.76. The maximum absolute atomic E-state index is 12.3. The summed E-state index contributed by atoms with van der Waals surface area (Å²) in [5.41, 5.74) is -0.416. The molecular weight excluding hydrogens is 212 g/mol. The van der Waals surface area contributed by atoms with E-state index >= 15 is 0 Å². The molecule has 0 spiro atoms. The third kappa shape index (κ3) is 4.09. The fourth-order valence-corrected chi connectivity index (χ4v) is 2.73. The van der Waals surface area contributed by atoms with Gasteiger partial charge < -0.3 is 4.74 Å². The van der Waals surface area contributed by atoms with Crippen LogP contribution in [0.15, 0.2) is 0 Å². The number of unbranched alkanes of at least 4 members (excludes halogenated alkanes) is 3. The molecule has 0 saturated heterocycles. The first-order valence-corrected chi connectivity index (χ1v) is 7.30. The van der Waals surface area contributed by atoms with Gasteiger partial charge in [-0.3, -0.25) is 4.79 Å². The Balaban J connectivity index is 2.40. The van der Waals surface area contributed by atoms with Gasteiger partial charge in [-0.2, -0.15) is 0 Å². The lowest BCUT2D eigenvalue weighted by Gasteiger charge is -2.29. The molecule has 1 fully saturated rings. The molecule has 1 aliphatic rings. The molecule has 0 aromatic carbocycles. The van der Waals surface area contributed by atoms with E-state index in [4.69, 9.17) is 4.74 Å². The molecule has 0 amide bonds. The molecular formula is C15H28O2. The number of rotatable bonds is 8. The van der Waals surface area contributed by atoms with E-state index in [1.165, 1.54) is 19.3 Å². The molecule has 0 radical (unpaired) electrons. The monoisotopic (exact) mass is 240 g/mol. The molecule has 2 nitrogen and oxygen atoms in total. The zero-order valence-electron chi connectivity index (χ0n) is 11.8. The quantitative estimate of drug-likeness (QED) is 0.596. The number of ether oxygens (including phenoxy) is 1. The third-order valence-corrected chi connectivity index (χ3v) is 3.76. The fourth-order valence-electron chi connectivity index (χ4n) is 2.73. The molecule has 1 aliphatic carbocycles. The van der Waals surface area contributed by atoms with Gasteiger partial charge in [0.25, 0.3) is 0 Å². The van der Waals surface area contributed by atoms with E-state index in [2.05, 4.69) is 6.92 Å². The van der Waals surface area contributed by atoms with Gasteiger partial charge >= 0.3 is 0 Å². The second kappa shape index (κ2) is 7.15. The highest BCUT2D eigenvalue weighted by Crippen LogP contribution is 2.36. The van der Waals surface area contributed by atoms with Crippen molar-refractivity contribution in [3.8, 4) is 0 Å². The first-order valence-electron chi connectivity index (χ1n) is 7.30. The second-order valence-electron chi connectivity index (χ2n) is 5.63. The van der Waals surface area contributed by atoms with Gasteiger partial charge in [0.1, 0.15) is 5.60 Å². The Hall–Kier alpha value is -0.370. The summed E-state index contributed by atoms with van der Waals surface area (Å²) in [6.07, 6.45) is 9.02. The SMILES string of the molecule is CCCCCCOC1(C(=O)C(C)C)CCCC1. The highest BCUT2D eigenvalue weighted by Gasteiger charge is 2.42. The van der Waals surface area contributed by atoms with Gasteiger partial charge in [0.2, 0.25) is 0 Å². The molecule has 0 bridgehead atoms. The predicted molar refractivity (Wildman–Crippen MR) is 71.1 cm³/mol. The van der Waals surface area contributed by atoms with E-state index in [1.807, 2.05) is 13.8 Å². The van der Waals surface area contributed by atoms with Crippen molar-refractivity contribution >= 4 is 5.78 Å². The van der Waals surface area contributed by atoms with E-state index < -0.39 is 5.60 Å². The Bertz CT molecular complexity index is 227. The second-order valence-corrected chi connectivity index (χ2v) is 5.63. The predicted octanol–water partition coefficient (Wildman–Crippen LogP) is 4.12. The molecule has 100 valence electrons. The Labute approximate surface area is 106 Å². The minimum absolute atomic E-state index is 0.101. The minimum atomic E-state index is -0.416. The summed E-state index contributed by atoms with van der Waals surface area (Å²) in [5, 5.41) is 0. The lowest BCUT2D eigenvalue weighted by atomic mass is 9.89. The van der Waals surface area contributed by atoms with Crippen molar-refractivity contribution in [1.29, 1.82) is 0 Å². The number of hydrogen-bond donors (Lipinski definition) is 0. The fraction of sp³-hybridized carbons (Fsp3) is 0.933. The first-order chi connectivity index (χ1) is 8.12. The van der Waals surface area contributed by atoms with E-state index in [9.17, 15) is 4.79 Å². The van der Waals surface area contributed by atoms with Gasteiger partial charge in [-0.05, 0) is 32.1 Å².